The molecule has 0 heterocycles. The number of rotatable bonds is 4. The normalized spacial score (nSPS) is 24.0. The fourth-order valence-electron chi connectivity index (χ4n) is 3.37. The second-order valence-corrected chi connectivity index (χ2v) is 9.43. The molecule has 1 saturated carbocycles. The van der Waals surface area contributed by atoms with Crippen LogP contribution in [0.3, 0.4) is 0 Å². The van der Waals surface area contributed by atoms with Gasteiger partial charge in [-0.2, -0.15) is 0 Å². The van der Waals surface area contributed by atoms with Gasteiger partial charge in [0.1, 0.15) is 0 Å². The topological polar surface area (TPSA) is 49.3 Å². The van der Waals surface area contributed by atoms with Gasteiger partial charge in [0.25, 0.3) is 5.91 Å². The number of aliphatic hydroxyl groups is 1. The molecule has 0 aromatic heterocycles. The maximum absolute atomic E-state index is 13.4. The summed E-state index contributed by atoms with van der Waals surface area (Å²) in [5, 5.41) is 13.4. The van der Waals surface area contributed by atoms with Crippen LogP contribution in [-0.4, -0.2) is 21.9 Å². The van der Waals surface area contributed by atoms with Crippen molar-refractivity contribution in [2.75, 3.05) is 5.32 Å². The standard InChI is InChI=1S/C22H21ClF3NO2S/c1-11-6-15(7-12(2)22(11,3)29)30-19-8-13(4-5-16(19)23)21(28)27-14-9-17(24)20(26)18(25)10-14/h4-5,8-10,12,15,29H,1,6-7H2,2-3H3,(H,27,28)/t12?,15-,22+/m0/s1. The van der Waals surface area contributed by atoms with Crippen molar-refractivity contribution in [1.29, 1.82) is 0 Å². The number of hydrogen-bond donors (Lipinski definition) is 2. The molecule has 0 radical (unpaired) electrons. The monoisotopic (exact) mass is 455 g/mol. The van der Waals surface area contributed by atoms with Crippen LogP contribution in [0.4, 0.5) is 18.9 Å². The van der Waals surface area contributed by atoms with Crippen LogP contribution in [-0.2, 0) is 0 Å². The number of benzene rings is 2. The first-order valence-corrected chi connectivity index (χ1v) is 10.6. The van der Waals surface area contributed by atoms with E-state index < -0.39 is 29.0 Å². The highest BCUT2D eigenvalue weighted by molar-refractivity contribution is 8.00. The Morgan fingerprint density at radius 1 is 1.27 bits per heavy atom. The molecule has 2 aromatic rings. The fourth-order valence-corrected chi connectivity index (χ4v) is 5.03. The molecular formula is C22H21ClF3NO2S. The number of nitrogens with one attached hydrogen (secondary N) is 1. The lowest BCUT2D eigenvalue weighted by Crippen LogP contribution is -2.41. The summed E-state index contributed by atoms with van der Waals surface area (Å²) in [5.74, 6) is -4.96. The first-order valence-electron chi connectivity index (χ1n) is 9.31. The van der Waals surface area contributed by atoms with Gasteiger partial charge in [0.05, 0.1) is 10.6 Å². The summed E-state index contributed by atoms with van der Waals surface area (Å²) in [5.41, 5.74) is -0.117. The molecule has 3 rings (SSSR count). The molecule has 0 spiro atoms. The summed E-state index contributed by atoms with van der Waals surface area (Å²) in [4.78, 5) is 13.2. The smallest absolute Gasteiger partial charge is 0.255 e. The van der Waals surface area contributed by atoms with Gasteiger partial charge in [-0.25, -0.2) is 13.2 Å². The third kappa shape index (κ3) is 4.68. The fraction of sp³-hybridized carbons (Fsp3) is 0.318. The number of hydrogen-bond acceptors (Lipinski definition) is 3. The van der Waals surface area contributed by atoms with E-state index in [0.29, 0.717) is 28.5 Å². The average Bonchev–Trinajstić information content (AvgIpc) is 2.66. The van der Waals surface area contributed by atoms with E-state index in [2.05, 4.69) is 11.9 Å². The van der Waals surface area contributed by atoms with E-state index in [1.807, 2.05) is 6.92 Å². The van der Waals surface area contributed by atoms with E-state index in [-0.39, 0.29) is 22.4 Å². The van der Waals surface area contributed by atoms with Crippen molar-refractivity contribution in [1.82, 2.24) is 0 Å². The van der Waals surface area contributed by atoms with Gasteiger partial charge in [-0.1, -0.05) is 25.1 Å². The highest BCUT2D eigenvalue weighted by Crippen LogP contribution is 2.44. The molecular weight excluding hydrogens is 435 g/mol. The number of anilines is 1. The van der Waals surface area contributed by atoms with E-state index >= 15 is 0 Å². The molecule has 1 aliphatic carbocycles. The van der Waals surface area contributed by atoms with Crippen molar-refractivity contribution in [3.63, 3.8) is 0 Å². The molecule has 1 fully saturated rings. The molecule has 3 atom stereocenters. The van der Waals surface area contributed by atoms with Gasteiger partial charge in [-0.3, -0.25) is 4.79 Å². The summed E-state index contributed by atoms with van der Waals surface area (Å²) < 4.78 is 39.8. The Hall–Kier alpha value is -1.96. The molecule has 30 heavy (non-hydrogen) atoms. The van der Waals surface area contributed by atoms with E-state index in [4.69, 9.17) is 11.6 Å². The minimum atomic E-state index is -1.60. The molecule has 8 heteroatoms. The van der Waals surface area contributed by atoms with Gasteiger partial charge in [-0.15, -0.1) is 11.8 Å². The lowest BCUT2D eigenvalue weighted by Gasteiger charge is -2.40. The van der Waals surface area contributed by atoms with E-state index in [1.54, 1.807) is 19.1 Å². The molecule has 3 nitrogen and oxygen atoms in total. The van der Waals surface area contributed by atoms with E-state index in [0.717, 1.165) is 12.0 Å². The zero-order chi connectivity index (χ0) is 22.2. The molecule has 160 valence electrons. The number of carbonyl (C=O) groups is 1. The Balaban J connectivity index is 1.77. The molecule has 2 aromatic carbocycles. The number of halogens is 4. The van der Waals surface area contributed by atoms with Crippen LogP contribution in [0.25, 0.3) is 0 Å². The molecule has 1 aliphatic rings. The van der Waals surface area contributed by atoms with Gasteiger partial charge in [-0.05, 0) is 49.5 Å². The molecule has 1 unspecified atom stereocenters. The summed E-state index contributed by atoms with van der Waals surface area (Å²) in [6.45, 7) is 7.72. The maximum Gasteiger partial charge on any atom is 0.255 e. The van der Waals surface area contributed by atoms with Crippen molar-refractivity contribution < 1.29 is 23.1 Å². The van der Waals surface area contributed by atoms with E-state index in [9.17, 15) is 23.1 Å². The zero-order valence-electron chi connectivity index (χ0n) is 16.4. The summed E-state index contributed by atoms with van der Waals surface area (Å²) in [7, 11) is 0. The van der Waals surface area contributed by atoms with Gasteiger partial charge < -0.3 is 10.4 Å². The van der Waals surface area contributed by atoms with Crippen molar-refractivity contribution in [3.05, 3.63) is 70.5 Å². The van der Waals surface area contributed by atoms with Crippen LogP contribution in [0.2, 0.25) is 5.02 Å². The predicted molar refractivity (Wildman–Crippen MR) is 114 cm³/mol. The molecule has 1 amide bonds. The SMILES string of the molecule is C=C1C[C@H](Sc2cc(C(=O)Nc3cc(F)c(F)c(F)c3)ccc2Cl)CC(C)[C@]1(C)O. The summed E-state index contributed by atoms with van der Waals surface area (Å²) in [6, 6.07) is 6.08. The van der Waals surface area contributed by atoms with E-state index in [1.165, 1.54) is 17.8 Å². The van der Waals surface area contributed by atoms with Crippen LogP contribution in [0.5, 0.6) is 0 Å². The predicted octanol–water partition coefficient (Wildman–Crippen LogP) is 6.21. The highest BCUT2D eigenvalue weighted by atomic mass is 35.5. The van der Waals surface area contributed by atoms with Crippen molar-refractivity contribution in [3.8, 4) is 0 Å². The van der Waals surface area contributed by atoms with Crippen LogP contribution in [0.15, 0.2) is 47.4 Å². The highest BCUT2D eigenvalue weighted by Gasteiger charge is 2.38. The van der Waals surface area contributed by atoms with Crippen molar-refractivity contribution >= 4 is 35.0 Å². The number of carbonyl (C=O) groups excluding carboxylic acids is 1. The van der Waals surface area contributed by atoms with Crippen LogP contribution in [0.1, 0.15) is 37.0 Å². The number of thioether (sulfide) groups is 1. The summed E-state index contributed by atoms with van der Waals surface area (Å²) in [6.07, 6.45) is 1.36. The van der Waals surface area contributed by atoms with Crippen LogP contribution in [0, 0.1) is 23.4 Å². The second-order valence-electron chi connectivity index (χ2n) is 7.69. The third-order valence-electron chi connectivity index (χ3n) is 5.49. The van der Waals surface area contributed by atoms with Gasteiger partial charge in [0.15, 0.2) is 17.5 Å². The minimum Gasteiger partial charge on any atom is -0.386 e. The van der Waals surface area contributed by atoms with Crippen molar-refractivity contribution in [2.24, 2.45) is 5.92 Å². The Morgan fingerprint density at radius 3 is 2.50 bits per heavy atom. The average molecular weight is 456 g/mol. The lowest BCUT2D eigenvalue weighted by molar-refractivity contribution is 0.0237. The molecule has 2 N–H and O–H groups in total. The number of amides is 1. The van der Waals surface area contributed by atoms with Gasteiger partial charge >= 0.3 is 0 Å². The molecule has 0 aliphatic heterocycles. The maximum atomic E-state index is 13.4. The second kappa shape index (κ2) is 8.65. The largest absolute Gasteiger partial charge is 0.386 e. The third-order valence-corrected chi connectivity index (χ3v) is 7.22. The Bertz CT molecular complexity index is 989. The quantitative estimate of drug-likeness (QED) is 0.426. The Labute approximate surface area is 182 Å². The Kier molecular flexibility index (Phi) is 6.55. The minimum absolute atomic E-state index is 0.0183. The van der Waals surface area contributed by atoms with Crippen LogP contribution >= 0.6 is 23.4 Å². The zero-order valence-corrected chi connectivity index (χ0v) is 18.0. The molecule has 0 bridgehead atoms. The lowest BCUT2D eigenvalue weighted by atomic mass is 9.74. The van der Waals surface area contributed by atoms with Gasteiger partial charge in [0, 0.05) is 33.5 Å². The Morgan fingerprint density at radius 2 is 1.90 bits per heavy atom. The van der Waals surface area contributed by atoms with Crippen LogP contribution < -0.4 is 5.32 Å². The first kappa shape index (κ1) is 22.7. The van der Waals surface area contributed by atoms with Gasteiger partial charge in [0.2, 0.25) is 0 Å². The summed E-state index contributed by atoms with van der Waals surface area (Å²) >= 11 is 7.79. The first-order chi connectivity index (χ1) is 14.0. The van der Waals surface area contributed by atoms with Crippen molar-refractivity contribution in [2.45, 2.75) is 42.4 Å². The molecule has 0 saturated heterocycles.